The average Bonchev–Trinajstić information content (AvgIpc) is 2.11. The maximum absolute atomic E-state index is 5.86. The predicted molar refractivity (Wildman–Crippen MR) is 64.9 cm³/mol. The van der Waals surface area contributed by atoms with Crippen LogP contribution in [0.1, 0.15) is 59.3 Å². The molecule has 0 saturated heterocycles. The molecule has 0 aromatic rings. The lowest BCUT2D eigenvalue weighted by Gasteiger charge is -2.57. The lowest BCUT2D eigenvalue weighted by atomic mass is 9.53. The van der Waals surface area contributed by atoms with Crippen LogP contribution in [0.15, 0.2) is 0 Å². The summed E-state index contributed by atoms with van der Waals surface area (Å²) in [6.07, 6.45) is 8.56. The molecule has 0 radical (unpaired) electrons. The second-order valence-electron chi connectivity index (χ2n) is 7.51. The molecule has 0 unspecified atom stereocenters. The molecule has 0 aromatic heterocycles. The van der Waals surface area contributed by atoms with Crippen LogP contribution in [-0.4, -0.2) is 11.1 Å². The van der Waals surface area contributed by atoms with Crippen molar-refractivity contribution >= 4 is 0 Å². The van der Waals surface area contributed by atoms with Gasteiger partial charge in [0.15, 0.2) is 0 Å². The molecule has 0 heterocycles. The molecule has 2 heteroatoms. The predicted octanol–water partition coefficient (Wildman–Crippen LogP) is 3.27. The van der Waals surface area contributed by atoms with E-state index in [0.717, 1.165) is 17.8 Å². The third kappa shape index (κ3) is 2.02. The molecular weight excluding hydrogens is 198 g/mol. The normalized spacial score (nSPS) is 46.3. The van der Waals surface area contributed by atoms with E-state index >= 15 is 0 Å². The maximum atomic E-state index is 5.86. The van der Waals surface area contributed by atoms with Crippen LogP contribution < -0.4 is 5.48 Å². The molecule has 4 saturated carbocycles. The molecule has 4 rings (SSSR count). The van der Waals surface area contributed by atoms with Crippen molar-refractivity contribution in [2.75, 3.05) is 0 Å². The van der Waals surface area contributed by atoms with Crippen LogP contribution in [0.4, 0.5) is 0 Å². The minimum Gasteiger partial charge on any atom is -0.296 e. The zero-order valence-electron chi connectivity index (χ0n) is 10.9. The summed E-state index contributed by atoms with van der Waals surface area (Å²) in [4.78, 5) is 5.86. The molecule has 4 fully saturated rings. The summed E-state index contributed by atoms with van der Waals surface area (Å²) in [5.41, 5.74) is 3.74. The molecule has 0 aromatic carbocycles. The minimum absolute atomic E-state index is 0.0661. The number of hydroxylamine groups is 1. The largest absolute Gasteiger partial charge is 0.296 e. The van der Waals surface area contributed by atoms with Gasteiger partial charge in [0.25, 0.3) is 0 Å². The maximum Gasteiger partial charge on any atom is 0.0813 e. The fraction of sp³-hybridized carbons (Fsp3) is 1.00. The van der Waals surface area contributed by atoms with Crippen molar-refractivity contribution in [2.24, 2.45) is 17.8 Å². The van der Waals surface area contributed by atoms with Crippen molar-refractivity contribution in [3.63, 3.8) is 0 Å². The highest BCUT2D eigenvalue weighted by Crippen LogP contribution is 2.55. The lowest BCUT2D eigenvalue weighted by Crippen LogP contribution is -2.59. The summed E-state index contributed by atoms with van der Waals surface area (Å²) in [6, 6.07) is 0. The number of nitrogens with one attached hydrogen (secondary N) is 1. The van der Waals surface area contributed by atoms with E-state index in [0.29, 0.717) is 5.54 Å². The summed E-state index contributed by atoms with van der Waals surface area (Å²) in [7, 11) is 0. The van der Waals surface area contributed by atoms with Gasteiger partial charge in [0.05, 0.1) is 5.60 Å². The SMILES string of the molecule is CC(C)(C)ONC12CC3CC(CC(C3)C1)C2. The van der Waals surface area contributed by atoms with Crippen molar-refractivity contribution in [2.45, 2.75) is 70.4 Å². The van der Waals surface area contributed by atoms with E-state index in [1.807, 2.05) is 0 Å². The molecular formula is C14H25NO. The second kappa shape index (κ2) is 3.46. The molecule has 2 nitrogen and oxygen atoms in total. The summed E-state index contributed by atoms with van der Waals surface area (Å²) >= 11 is 0. The fourth-order valence-corrected chi connectivity index (χ4v) is 4.50. The fourth-order valence-electron chi connectivity index (χ4n) is 4.50. The summed E-state index contributed by atoms with van der Waals surface area (Å²) < 4.78 is 0. The minimum atomic E-state index is -0.0661. The third-order valence-corrected chi connectivity index (χ3v) is 4.61. The van der Waals surface area contributed by atoms with Gasteiger partial charge in [-0.05, 0) is 77.0 Å². The van der Waals surface area contributed by atoms with Crippen molar-refractivity contribution in [1.82, 2.24) is 5.48 Å². The molecule has 1 N–H and O–H groups in total. The molecule has 0 amide bonds. The second-order valence-corrected chi connectivity index (χ2v) is 7.51. The first kappa shape index (κ1) is 11.0. The Hall–Kier alpha value is -0.0800. The van der Waals surface area contributed by atoms with E-state index in [2.05, 4.69) is 26.3 Å². The topological polar surface area (TPSA) is 21.3 Å². The average molecular weight is 223 g/mol. The van der Waals surface area contributed by atoms with Crippen molar-refractivity contribution in [3.05, 3.63) is 0 Å². The first-order valence-corrected chi connectivity index (χ1v) is 6.89. The lowest BCUT2D eigenvalue weighted by molar-refractivity contribution is -0.158. The molecule has 0 atom stereocenters. The van der Waals surface area contributed by atoms with Gasteiger partial charge in [0.2, 0.25) is 0 Å². The Labute approximate surface area is 99.1 Å². The first-order chi connectivity index (χ1) is 7.44. The number of hydrogen-bond acceptors (Lipinski definition) is 2. The van der Waals surface area contributed by atoms with Crippen molar-refractivity contribution < 1.29 is 4.84 Å². The Balaban J connectivity index is 1.69. The summed E-state index contributed by atoms with van der Waals surface area (Å²) in [6.45, 7) is 6.38. The Bertz CT molecular complexity index is 244. The van der Waals surface area contributed by atoms with E-state index in [1.54, 1.807) is 0 Å². The van der Waals surface area contributed by atoms with E-state index < -0.39 is 0 Å². The molecule has 16 heavy (non-hydrogen) atoms. The van der Waals surface area contributed by atoms with Crippen LogP contribution >= 0.6 is 0 Å². The molecule has 92 valence electrons. The Morgan fingerprint density at radius 2 is 1.38 bits per heavy atom. The Morgan fingerprint density at radius 3 is 1.75 bits per heavy atom. The van der Waals surface area contributed by atoms with Gasteiger partial charge < -0.3 is 0 Å². The molecule has 4 aliphatic rings. The zero-order chi connectivity index (χ0) is 11.4. The van der Waals surface area contributed by atoms with Gasteiger partial charge in [0.1, 0.15) is 0 Å². The van der Waals surface area contributed by atoms with Gasteiger partial charge in [0, 0.05) is 5.54 Å². The number of hydrogen-bond donors (Lipinski definition) is 1. The van der Waals surface area contributed by atoms with Gasteiger partial charge in [-0.1, -0.05) is 0 Å². The van der Waals surface area contributed by atoms with Crippen molar-refractivity contribution in [3.8, 4) is 0 Å². The van der Waals surface area contributed by atoms with E-state index in [9.17, 15) is 0 Å². The summed E-state index contributed by atoms with van der Waals surface area (Å²) in [5, 5.41) is 0. The van der Waals surface area contributed by atoms with Crippen LogP contribution in [0.25, 0.3) is 0 Å². The zero-order valence-corrected chi connectivity index (χ0v) is 10.9. The molecule has 4 bridgehead atoms. The highest BCUT2D eigenvalue weighted by Gasteiger charge is 2.51. The highest BCUT2D eigenvalue weighted by atomic mass is 16.7. The smallest absolute Gasteiger partial charge is 0.0813 e. The first-order valence-electron chi connectivity index (χ1n) is 6.89. The summed E-state index contributed by atoms with van der Waals surface area (Å²) in [5.74, 6) is 2.96. The number of rotatable bonds is 2. The molecule has 0 aliphatic heterocycles. The molecule has 4 aliphatic carbocycles. The third-order valence-electron chi connectivity index (χ3n) is 4.61. The highest BCUT2D eigenvalue weighted by molar-refractivity contribution is 5.05. The van der Waals surface area contributed by atoms with Gasteiger partial charge >= 0.3 is 0 Å². The standard InChI is InChI=1S/C14H25NO/c1-13(2,3)16-15-14-7-10-4-11(8-14)6-12(5-10)9-14/h10-12,15H,4-9H2,1-3H3. The quantitative estimate of drug-likeness (QED) is 0.725. The Morgan fingerprint density at radius 1 is 0.938 bits per heavy atom. The molecule has 0 spiro atoms. The monoisotopic (exact) mass is 223 g/mol. The van der Waals surface area contributed by atoms with Gasteiger partial charge in [-0.3, -0.25) is 4.84 Å². The van der Waals surface area contributed by atoms with Crippen LogP contribution in [0, 0.1) is 17.8 Å². The van der Waals surface area contributed by atoms with Crippen LogP contribution in [0.3, 0.4) is 0 Å². The van der Waals surface area contributed by atoms with E-state index in [4.69, 9.17) is 4.84 Å². The van der Waals surface area contributed by atoms with E-state index in [1.165, 1.54) is 38.5 Å². The van der Waals surface area contributed by atoms with Crippen LogP contribution in [0.5, 0.6) is 0 Å². The van der Waals surface area contributed by atoms with Crippen molar-refractivity contribution in [1.29, 1.82) is 0 Å². The van der Waals surface area contributed by atoms with Gasteiger partial charge in [-0.15, -0.1) is 0 Å². The van der Waals surface area contributed by atoms with E-state index in [-0.39, 0.29) is 5.60 Å². The van der Waals surface area contributed by atoms with Gasteiger partial charge in [-0.25, -0.2) is 0 Å². The van der Waals surface area contributed by atoms with Gasteiger partial charge in [-0.2, -0.15) is 5.48 Å². The van der Waals surface area contributed by atoms with Crippen LogP contribution in [-0.2, 0) is 4.84 Å². The van der Waals surface area contributed by atoms with Crippen LogP contribution in [0.2, 0.25) is 0 Å². The Kier molecular flexibility index (Phi) is 2.38.